The average molecular weight is 276 g/mol. The van der Waals surface area contributed by atoms with Crippen LogP contribution >= 0.6 is 0 Å². The Bertz CT molecular complexity index is 571. The molecule has 110 valence electrons. The van der Waals surface area contributed by atoms with Crippen LogP contribution in [0, 0.1) is 0 Å². The quantitative estimate of drug-likeness (QED) is 0.842. The molecule has 0 aliphatic heterocycles. The Balaban J connectivity index is 2.40. The largest absolute Gasteiger partial charge is 0.389 e. The van der Waals surface area contributed by atoms with E-state index in [1.165, 1.54) is 0 Å². The van der Waals surface area contributed by atoms with E-state index < -0.39 is 5.60 Å². The number of likely N-dealkylation sites (N-methyl/N-ethyl adjacent to an activating group) is 1. The second-order valence-electron chi connectivity index (χ2n) is 5.76. The minimum absolute atomic E-state index is 0.538. The average Bonchev–Trinajstić information content (AvgIpc) is 2.73. The van der Waals surface area contributed by atoms with Crippen LogP contribution in [0.5, 0.6) is 0 Å². The molecule has 0 unspecified atom stereocenters. The molecule has 0 bridgehead atoms. The summed E-state index contributed by atoms with van der Waals surface area (Å²) in [6.07, 6.45) is 2.02. The first kappa shape index (κ1) is 14.8. The number of hydrogen-bond acceptors (Lipinski definition) is 4. The van der Waals surface area contributed by atoms with Crippen LogP contribution in [0.2, 0.25) is 0 Å². The number of fused-ring (bicyclic) bond motifs is 1. The molecule has 0 saturated heterocycles. The number of nitrogens with one attached hydrogen (secondary N) is 1. The zero-order chi connectivity index (χ0) is 14.8. The summed E-state index contributed by atoms with van der Waals surface area (Å²) < 4.78 is 2.10. The van der Waals surface area contributed by atoms with E-state index in [4.69, 9.17) is 0 Å². The number of hydrogen-bond donors (Lipinski definition) is 2. The fourth-order valence-electron chi connectivity index (χ4n) is 2.40. The molecule has 20 heavy (non-hydrogen) atoms. The third-order valence-electron chi connectivity index (χ3n) is 3.14. The molecule has 0 spiro atoms. The van der Waals surface area contributed by atoms with Crippen molar-refractivity contribution in [3.63, 3.8) is 0 Å². The predicted molar refractivity (Wildman–Crippen MR) is 82.1 cm³/mol. The monoisotopic (exact) mass is 276 g/mol. The lowest BCUT2D eigenvalue weighted by molar-refractivity contribution is 0.0884. The minimum atomic E-state index is -0.750. The Hall–Kier alpha value is -1.59. The van der Waals surface area contributed by atoms with Crippen molar-refractivity contribution in [1.82, 2.24) is 14.7 Å². The van der Waals surface area contributed by atoms with Crippen molar-refractivity contribution in [2.75, 3.05) is 25.0 Å². The summed E-state index contributed by atoms with van der Waals surface area (Å²) in [4.78, 5) is 6.70. The molecular weight excluding hydrogens is 252 g/mol. The van der Waals surface area contributed by atoms with Crippen LogP contribution in [-0.2, 0) is 6.54 Å². The lowest BCUT2D eigenvalue weighted by atomic mass is 10.1. The first-order chi connectivity index (χ1) is 9.42. The molecule has 0 radical (unpaired) electrons. The molecule has 0 atom stereocenters. The van der Waals surface area contributed by atoms with Gasteiger partial charge in [0.2, 0.25) is 0 Å². The van der Waals surface area contributed by atoms with E-state index in [1.54, 1.807) is 0 Å². The maximum Gasteiger partial charge on any atom is 0.152 e. The van der Waals surface area contributed by atoms with Gasteiger partial charge in [0.05, 0.1) is 11.3 Å². The Morgan fingerprint density at radius 3 is 2.80 bits per heavy atom. The smallest absolute Gasteiger partial charge is 0.152 e. The molecule has 2 aromatic rings. The summed E-state index contributed by atoms with van der Waals surface area (Å²) in [6.45, 7) is 7.91. The van der Waals surface area contributed by atoms with Crippen molar-refractivity contribution < 1.29 is 5.11 Å². The van der Waals surface area contributed by atoms with Gasteiger partial charge in [-0.15, -0.1) is 0 Å². The summed E-state index contributed by atoms with van der Waals surface area (Å²) in [5, 5.41) is 13.4. The van der Waals surface area contributed by atoms with Crippen molar-refractivity contribution in [1.29, 1.82) is 0 Å². The predicted octanol–water partition coefficient (Wildman–Crippen LogP) is 1.65. The number of aliphatic hydroxyl groups is 1. The number of imidazole rings is 1. The van der Waals surface area contributed by atoms with E-state index in [0.717, 1.165) is 30.2 Å². The SMILES string of the molecule is CCNCc1c(N(C)CC(C)(C)O)nc2ccccn12. The van der Waals surface area contributed by atoms with Crippen LogP contribution < -0.4 is 10.2 Å². The van der Waals surface area contributed by atoms with Gasteiger partial charge in [-0.25, -0.2) is 4.98 Å². The van der Waals surface area contributed by atoms with Crippen molar-refractivity contribution in [2.24, 2.45) is 0 Å². The zero-order valence-corrected chi connectivity index (χ0v) is 12.7. The first-order valence-corrected chi connectivity index (χ1v) is 7.02. The Kier molecular flexibility index (Phi) is 4.30. The summed E-state index contributed by atoms with van der Waals surface area (Å²) in [5.41, 5.74) is 1.30. The molecule has 0 aliphatic rings. The van der Waals surface area contributed by atoms with Crippen LogP contribution in [0.3, 0.4) is 0 Å². The van der Waals surface area contributed by atoms with E-state index in [2.05, 4.69) is 21.6 Å². The molecule has 5 heteroatoms. The lowest BCUT2D eigenvalue weighted by Crippen LogP contribution is -2.37. The molecule has 2 rings (SSSR count). The van der Waals surface area contributed by atoms with Crippen LogP contribution in [-0.4, -0.2) is 40.2 Å². The van der Waals surface area contributed by atoms with Gasteiger partial charge >= 0.3 is 0 Å². The van der Waals surface area contributed by atoms with Gasteiger partial charge in [0.1, 0.15) is 5.65 Å². The number of anilines is 1. The highest BCUT2D eigenvalue weighted by atomic mass is 16.3. The summed E-state index contributed by atoms with van der Waals surface area (Å²) >= 11 is 0. The Labute approximate surface area is 120 Å². The van der Waals surface area contributed by atoms with E-state index in [-0.39, 0.29) is 0 Å². The summed E-state index contributed by atoms with van der Waals surface area (Å²) in [6, 6.07) is 5.99. The molecule has 0 aromatic carbocycles. The van der Waals surface area contributed by atoms with Crippen molar-refractivity contribution in [2.45, 2.75) is 32.9 Å². The highest BCUT2D eigenvalue weighted by Gasteiger charge is 2.21. The van der Waals surface area contributed by atoms with Crippen LogP contribution in [0.15, 0.2) is 24.4 Å². The van der Waals surface area contributed by atoms with Gasteiger partial charge < -0.3 is 19.7 Å². The standard InChI is InChI=1S/C15H24N4O/c1-5-16-10-12-14(18(4)11-15(2,3)20)17-13-8-6-7-9-19(12)13/h6-9,16,20H,5,10-11H2,1-4H3. The van der Waals surface area contributed by atoms with E-state index in [1.807, 2.05) is 50.2 Å². The second-order valence-corrected chi connectivity index (χ2v) is 5.76. The van der Waals surface area contributed by atoms with E-state index >= 15 is 0 Å². The number of pyridine rings is 1. The van der Waals surface area contributed by atoms with Gasteiger partial charge in [-0.05, 0) is 32.5 Å². The highest BCUT2D eigenvalue weighted by molar-refractivity contribution is 5.55. The minimum Gasteiger partial charge on any atom is -0.389 e. The van der Waals surface area contributed by atoms with Gasteiger partial charge in [0.25, 0.3) is 0 Å². The maximum absolute atomic E-state index is 10.00. The second kappa shape index (κ2) is 5.81. The molecule has 2 heterocycles. The first-order valence-electron chi connectivity index (χ1n) is 7.02. The molecule has 0 fully saturated rings. The number of nitrogens with zero attached hydrogens (tertiary/aromatic N) is 3. The van der Waals surface area contributed by atoms with Crippen LogP contribution in [0.4, 0.5) is 5.82 Å². The fraction of sp³-hybridized carbons (Fsp3) is 0.533. The molecular formula is C15H24N4O. The third kappa shape index (κ3) is 3.29. The number of rotatable bonds is 6. The summed E-state index contributed by atoms with van der Waals surface area (Å²) in [7, 11) is 1.97. The van der Waals surface area contributed by atoms with Crippen molar-refractivity contribution in [3.05, 3.63) is 30.1 Å². The highest BCUT2D eigenvalue weighted by Crippen LogP contribution is 2.22. The van der Waals surface area contributed by atoms with Crippen LogP contribution in [0.25, 0.3) is 5.65 Å². The normalized spacial score (nSPS) is 12.1. The van der Waals surface area contributed by atoms with Crippen LogP contribution in [0.1, 0.15) is 26.5 Å². The van der Waals surface area contributed by atoms with Gasteiger partial charge in [0.15, 0.2) is 5.82 Å². The number of aromatic nitrogens is 2. The Morgan fingerprint density at radius 2 is 2.15 bits per heavy atom. The molecule has 0 amide bonds. The van der Waals surface area contributed by atoms with Gasteiger partial charge in [-0.2, -0.15) is 0 Å². The van der Waals surface area contributed by atoms with Gasteiger partial charge in [-0.1, -0.05) is 13.0 Å². The topological polar surface area (TPSA) is 52.8 Å². The van der Waals surface area contributed by atoms with Crippen molar-refractivity contribution in [3.8, 4) is 0 Å². The molecule has 5 nitrogen and oxygen atoms in total. The Morgan fingerprint density at radius 1 is 1.40 bits per heavy atom. The maximum atomic E-state index is 10.00. The van der Waals surface area contributed by atoms with E-state index in [9.17, 15) is 5.11 Å². The molecule has 0 aliphatic carbocycles. The van der Waals surface area contributed by atoms with Gasteiger partial charge in [0, 0.05) is 26.3 Å². The fourth-order valence-corrected chi connectivity index (χ4v) is 2.40. The third-order valence-corrected chi connectivity index (χ3v) is 3.14. The zero-order valence-electron chi connectivity index (χ0n) is 12.7. The van der Waals surface area contributed by atoms with Gasteiger partial charge in [-0.3, -0.25) is 0 Å². The molecule has 2 aromatic heterocycles. The summed E-state index contributed by atoms with van der Waals surface area (Å²) in [5.74, 6) is 0.916. The van der Waals surface area contributed by atoms with E-state index in [0.29, 0.717) is 6.54 Å². The molecule has 0 saturated carbocycles. The lowest BCUT2D eigenvalue weighted by Gasteiger charge is -2.26. The molecule has 2 N–H and O–H groups in total. The van der Waals surface area contributed by atoms with Crippen molar-refractivity contribution >= 4 is 11.5 Å².